The first-order valence-corrected chi connectivity index (χ1v) is 10.5. The van der Waals surface area contributed by atoms with Gasteiger partial charge in [0.1, 0.15) is 12.3 Å². The quantitative estimate of drug-likeness (QED) is 0.319. The summed E-state index contributed by atoms with van der Waals surface area (Å²) in [5.41, 5.74) is 0.871. The van der Waals surface area contributed by atoms with Crippen LogP contribution in [0, 0.1) is 0 Å². The van der Waals surface area contributed by atoms with Crippen molar-refractivity contribution in [3.05, 3.63) is 24.3 Å². The Labute approximate surface area is 191 Å². The van der Waals surface area contributed by atoms with Crippen molar-refractivity contribution in [1.82, 2.24) is 15.5 Å². The standard InChI is InChI=1S/C21H33N5O2.HI/c1-2-22-21(23-16-20(28)24-17-8-4-3-5-9-17)26-14-12-25(13-15-26)18-10-6-7-11-19(18)27;/h6-7,10-11,17,27H,2-5,8-9,12-16H2,1H3,(H,22,23)(H,24,28);1H. The lowest BCUT2D eigenvalue weighted by molar-refractivity contribution is -0.120. The number of hydrogen-bond acceptors (Lipinski definition) is 4. The first-order valence-electron chi connectivity index (χ1n) is 10.5. The van der Waals surface area contributed by atoms with Crippen LogP contribution in [0.4, 0.5) is 5.69 Å². The summed E-state index contributed by atoms with van der Waals surface area (Å²) in [5.74, 6) is 1.12. The zero-order valence-corrected chi connectivity index (χ0v) is 19.6. The summed E-state index contributed by atoms with van der Waals surface area (Å²) in [4.78, 5) is 21.2. The molecule has 3 N–H and O–H groups in total. The van der Waals surface area contributed by atoms with E-state index in [0.29, 0.717) is 11.8 Å². The number of rotatable bonds is 5. The molecular formula is C21H34IN5O2. The Kier molecular flexibility index (Phi) is 9.83. The van der Waals surface area contributed by atoms with E-state index >= 15 is 0 Å². The number of halogens is 1. The predicted molar refractivity (Wildman–Crippen MR) is 128 cm³/mol. The number of phenolic OH excluding ortho intramolecular Hbond substituents is 1. The lowest BCUT2D eigenvalue weighted by atomic mass is 9.95. The van der Waals surface area contributed by atoms with E-state index in [1.807, 2.05) is 25.1 Å². The van der Waals surface area contributed by atoms with Crippen molar-refractivity contribution >= 4 is 41.5 Å². The number of hydrogen-bond donors (Lipinski definition) is 3. The molecule has 0 unspecified atom stereocenters. The lowest BCUT2D eigenvalue weighted by Gasteiger charge is -2.37. The summed E-state index contributed by atoms with van der Waals surface area (Å²) in [5, 5.41) is 16.5. The smallest absolute Gasteiger partial charge is 0.242 e. The summed E-state index contributed by atoms with van der Waals surface area (Å²) < 4.78 is 0. The number of piperazine rings is 1. The molecule has 1 heterocycles. The van der Waals surface area contributed by atoms with Crippen LogP contribution in [0.15, 0.2) is 29.3 Å². The maximum absolute atomic E-state index is 12.3. The first kappa shape index (κ1) is 23.6. The molecule has 1 aliphatic carbocycles. The monoisotopic (exact) mass is 515 g/mol. The molecule has 0 radical (unpaired) electrons. The molecule has 1 amide bonds. The number of aromatic hydroxyl groups is 1. The molecule has 3 rings (SSSR count). The molecule has 1 aliphatic heterocycles. The molecule has 7 nitrogen and oxygen atoms in total. The van der Waals surface area contributed by atoms with Crippen LogP contribution in [0.5, 0.6) is 5.75 Å². The summed E-state index contributed by atoms with van der Waals surface area (Å²) in [6, 6.07) is 7.76. The van der Waals surface area contributed by atoms with Crippen LogP contribution in [-0.4, -0.2) is 67.2 Å². The predicted octanol–water partition coefficient (Wildman–Crippen LogP) is 2.55. The Morgan fingerprint density at radius 3 is 2.48 bits per heavy atom. The van der Waals surface area contributed by atoms with Gasteiger partial charge in [-0.05, 0) is 31.9 Å². The molecule has 1 saturated carbocycles. The second kappa shape index (κ2) is 12.1. The Morgan fingerprint density at radius 2 is 1.83 bits per heavy atom. The minimum Gasteiger partial charge on any atom is -0.506 e. The molecule has 1 saturated heterocycles. The number of carbonyl (C=O) groups excluding carboxylic acids is 1. The van der Waals surface area contributed by atoms with Crippen molar-refractivity contribution < 1.29 is 9.90 Å². The van der Waals surface area contributed by atoms with E-state index in [-0.39, 0.29) is 36.4 Å². The maximum atomic E-state index is 12.3. The number of aliphatic imine (C=N–C) groups is 1. The highest BCUT2D eigenvalue weighted by Crippen LogP contribution is 2.27. The van der Waals surface area contributed by atoms with E-state index in [0.717, 1.165) is 57.2 Å². The highest BCUT2D eigenvalue weighted by molar-refractivity contribution is 14.0. The summed E-state index contributed by atoms with van der Waals surface area (Å²) >= 11 is 0. The number of amides is 1. The third kappa shape index (κ3) is 6.94. The molecule has 0 aromatic heterocycles. The number of carbonyl (C=O) groups is 1. The molecule has 8 heteroatoms. The van der Waals surface area contributed by atoms with Gasteiger partial charge < -0.3 is 25.5 Å². The number of phenols is 1. The molecule has 29 heavy (non-hydrogen) atoms. The fourth-order valence-corrected chi connectivity index (χ4v) is 3.98. The number of nitrogens with zero attached hydrogens (tertiary/aromatic N) is 3. The molecular weight excluding hydrogens is 481 g/mol. The van der Waals surface area contributed by atoms with Gasteiger partial charge in [-0.2, -0.15) is 0 Å². The van der Waals surface area contributed by atoms with Gasteiger partial charge in [0.05, 0.1) is 5.69 Å². The van der Waals surface area contributed by atoms with E-state index in [1.54, 1.807) is 6.07 Å². The highest BCUT2D eigenvalue weighted by Gasteiger charge is 2.22. The SMILES string of the molecule is CCNC(=NCC(=O)NC1CCCCC1)N1CCN(c2ccccc2O)CC1.I. The number of para-hydroxylation sites is 2. The minimum absolute atomic E-state index is 0. The van der Waals surface area contributed by atoms with Crippen molar-refractivity contribution in [2.24, 2.45) is 4.99 Å². The number of guanidine groups is 1. The normalized spacial score (nSPS) is 18.2. The Morgan fingerprint density at radius 1 is 1.14 bits per heavy atom. The zero-order chi connectivity index (χ0) is 19.8. The van der Waals surface area contributed by atoms with Gasteiger partial charge in [0.15, 0.2) is 5.96 Å². The van der Waals surface area contributed by atoms with E-state index in [9.17, 15) is 9.90 Å². The molecule has 2 fully saturated rings. The second-order valence-electron chi connectivity index (χ2n) is 7.54. The van der Waals surface area contributed by atoms with Gasteiger partial charge in [0.25, 0.3) is 0 Å². The zero-order valence-electron chi connectivity index (χ0n) is 17.3. The topological polar surface area (TPSA) is 80.2 Å². The largest absolute Gasteiger partial charge is 0.506 e. The Balaban J connectivity index is 0.00000300. The summed E-state index contributed by atoms with van der Waals surface area (Å²) in [6.07, 6.45) is 5.87. The first-order chi connectivity index (χ1) is 13.7. The van der Waals surface area contributed by atoms with Crippen molar-refractivity contribution in [3.63, 3.8) is 0 Å². The van der Waals surface area contributed by atoms with Gasteiger partial charge in [0.2, 0.25) is 5.91 Å². The fraction of sp³-hybridized carbons (Fsp3) is 0.619. The number of nitrogens with one attached hydrogen (secondary N) is 2. The Hall–Kier alpha value is -1.71. The van der Waals surface area contributed by atoms with Crippen molar-refractivity contribution in [3.8, 4) is 5.75 Å². The van der Waals surface area contributed by atoms with Crippen molar-refractivity contribution in [2.45, 2.75) is 45.1 Å². The van der Waals surface area contributed by atoms with Crippen molar-refractivity contribution in [2.75, 3.05) is 44.2 Å². The van der Waals surface area contributed by atoms with Crippen molar-refractivity contribution in [1.29, 1.82) is 0 Å². The van der Waals surface area contributed by atoms with Crippen LogP contribution in [-0.2, 0) is 4.79 Å². The van der Waals surface area contributed by atoms with Gasteiger partial charge in [-0.3, -0.25) is 4.79 Å². The minimum atomic E-state index is 0. The Bertz CT molecular complexity index is 671. The van der Waals surface area contributed by atoms with Gasteiger partial charge in [-0.15, -0.1) is 24.0 Å². The van der Waals surface area contributed by atoms with Gasteiger partial charge >= 0.3 is 0 Å². The lowest BCUT2D eigenvalue weighted by Crippen LogP contribution is -2.53. The molecule has 1 aromatic rings. The summed E-state index contributed by atoms with van der Waals surface area (Å²) in [6.45, 7) is 6.17. The maximum Gasteiger partial charge on any atom is 0.242 e. The van der Waals surface area contributed by atoms with Gasteiger partial charge in [-0.1, -0.05) is 31.4 Å². The van der Waals surface area contributed by atoms with E-state index in [4.69, 9.17) is 0 Å². The van der Waals surface area contributed by atoms with Crippen LogP contribution >= 0.6 is 24.0 Å². The average Bonchev–Trinajstić information content (AvgIpc) is 2.72. The molecule has 0 spiro atoms. The third-order valence-electron chi connectivity index (χ3n) is 5.48. The van der Waals surface area contributed by atoms with E-state index in [1.165, 1.54) is 19.3 Å². The number of benzene rings is 1. The van der Waals surface area contributed by atoms with Crippen LogP contribution in [0.2, 0.25) is 0 Å². The fourth-order valence-electron chi connectivity index (χ4n) is 3.98. The number of anilines is 1. The van der Waals surface area contributed by atoms with Crippen LogP contribution in [0.25, 0.3) is 0 Å². The third-order valence-corrected chi connectivity index (χ3v) is 5.48. The van der Waals surface area contributed by atoms with Crippen LogP contribution in [0.1, 0.15) is 39.0 Å². The van der Waals surface area contributed by atoms with Crippen LogP contribution < -0.4 is 15.5 Å². The molecule has 0 bridgehead atoms. The second-order valence-corrected chi connectivity index (χ2v) is 7.54. The van der Waals surface area contributed by atoms with E-state index < -0.39 is 0 Å². The van der Waals surface area contributed by atoms with Gasteiger partial charge in [-0.25, -0.2) is 4.99 Å². The highest BCUT2D eigenvalue weighted by atomic mass is 127. The molecule has 1 aromatic carbocycles. The molecule has 2 aliphatic rings. The molecule has 162 valence electrons. The van der Waals surface area contributed by atoms with Crippen LogP contribution in [0.3, 0.4) is 0 Å². The summed E-state index contributed by atoms with van der Waals surface area (Å²) in [7, 11) is 0. The molecule has 0 atom stereocenters. The van der Waals surface area contributed by atoms with Gasteiger partial charge in [0, 0.05) is 38.8 Å². The average molecular weight is 515 g/mol. The van der Waals surface area contributed by atoms with E-state index in [2.05, 4.69) is 25.4 Å².